The summed E-state index contributed by atoms with van der Waals surface area (Å²) >= 11 is 0. The Hall–Kier alpha value is -2.77. The quantitative estimate of drug-likeness (QED) is 0.742. The molecule has 0 aliphatic carbocycles. The number of aromatic nitrogens is 1. The monoisotopic (exact) mass is 297 g/mol. The molecule has 0 aliphatic rings. The third-order valence-electron chi connectivity index (χ3n) is 2.71. The van der Waals surface area contributed by atoms with Crippen LogP contribution in [0.4, 0.5) is 24.7 Å². The number of anilines is 2. The van der Waals surface area contributed by atoms with E-state index in [-0.39, 0.29) is 5.82 Å². The van der Waals surface area contributed by atoms with E-state index in [4.69, 9.17) is 10.8 Å². The first-order valence-electron chi connectivity index (χ1n) is 5.71. The number of hydrogen-bond donors (Lipinski definition) is 3. The van der Waals surface area contributed by atoms with Crippen LogP contribution >= 0.6 is 0 Å². The Morgan fingerprint density at radius 1 is 1.29 bits per heavy atom. The number of aryl methyl sites for hydroxylation is 1. The van der Waals surface area contributed by atoms with Gasteiger partial charge in [-0.25, -0.2) is 13.8 Å². The third-order valence-corrected chi connectivity index (χ3v) is 2.71. The topological polar surface area (TPSA) is 88.2 Å². The van der Waals surface area contributed by atoms with Gasteiger partial charge < -0.3 is 16.2 Å². The maximum Gasteiger partial charge on any atom is 0.260 e. The molecule has 1 aromatic carbocycles. The van der Waals surface area contributed by atoms with Gasteiger partial charge in [0.1, 0.15) is 5.82 Å². The standard InChI is InChI=1S/C13H10F3N3O2/c1-5-2-6(17)4-18-12(5)19-13(21)7-3-8(14)10(16)11(20)9(7)15/h2-4,20H,17H2,1H3,(H,18,19,21). The van der Waals surface area contributed by atoms with Crippen LogP contribution in [0.25, 0.3) is 0 Å². The molecule has 5 nitrogen and oxygen atoms in total. The Bertz CT molecular complexity index is 735. The number of halogens is 3. The smallest absolute Gasteiger partial charge is 0.260 e. The minimum Gasteiger partial charge on any atom is -0.503 e. The van der Waals surface area contributed by atoms with Crippen LogP contribution < -0.4 is 11.1 Å². The van der Waals surface area contributed by atoms with Crippen molar-refractivity contribution in [2.24, 2.45) is 0 Å². The first-order valence-corrected chi connectivity index (χ1v) is 5.71. The second-order valence-corrected chi connectivity index (χ2v) is 4.27. The van der Waals surface area contributed by atoms with Gasteiger partial charge in [0, 0.05) is 0 Å². The molecule has 110 valence electrons. The number of benzene rings is 1. The van der Waals surface area contributed by atoms with E-state index in [1.165, 1.54) is 12.3 Å². The Morgan fingerprint density at radius 3 is 2.57 bits per heavy atom. The number of nitrogens with zero attached hydrogens (tertiary/aromatic N) is 1. The highest BCUT2D eigenvalue weighted by Crippen LogP contribution is 2.26. The summed E-state index contributed by atoms with van der Waals surface area (Å²) in [6, 6.07) is 1.87. The molecule has 0 aliphatic heterocycles. The lowest BCUT2D eigenvalue weighted by atomic mass is 10.1. The van der Waals surface area contributed by atoms with Crippen LogP contribution in [0.1, 0.15) is 15.9 Å². The summed E-state index contributed by atoms with van der Waals surface area (Å²) in [6.07, 6.45) is 1.27. The first kappa shape index (κ1) is 14.6. The van der Waals surface area contributed by atoms with Gasteiger partial charge in [-0.15, -0.1) is 0 Å². The summed E-state index contributed by atoms with van der Waals surface area (Å²) in [4.78, 5) is 15.7. The second kappa shape index (κ2) is 5.31. The number of phenolic OH excluding ortho intramolecular Hbond substituents is 1. The van der Waals surface area contributed by atoms with Gasteiger partial charge in [0.2, 0.25) is 5.82 Å². The van der Waals surface area contributed by atoms with Crippen LogP contribution in [-0.4, -0.2) is 16.0 Å². The zero-order valence-corrected chi connectivity index (χ0v) is 10.7. The van der Waals surface area contributed by atoms with Gasteiger partial charge in [0.05, 0.1) is 17.4 Å². The zero-order valence-electron chi connectivity index (χ0n) is 10.7. The Labute approximate surface area is 117 Å². The molecule has 0 fully saturated rings. The van der Waals surface area contributed by atoms with Crippen molar-refractivity contribution in [3.05, 3.63) is 46.9 Å². The van der Waals surface area contributed by atoms with E-state index in [1.54, 1.807) is 6.92 Å². The lowest BCUT2D eigenvalue weighted by molar-refractivity contribution is 0.102. The van der Waals surface area contributed by atoms with Gasteiger partial charge in [-0.2, -0.15) is 4.39 Å². The molecule has 21 heavy (non-hydrogen) atoms. The number of nitrogen functional groups attached to an aromatic ring is 1. The molecule has 1 heterocycles. The minimum atomic E-state index is -1.76. The predicted octanol–water partition coefficient (Wildman–Crippen LogP) is 2.35. The second-order valence-electron chi connectivity index (χ2n) is 4.27. The van der Waals surface area contributed by atoms with Crippen LogP contribution in [0.3, 0.4) is 0 Å². The molecule has 0 unspecified atom stereocenters. The molecule has 0 radical (unpaired) electrons. The summed E-state index contributed by atoms with van der Waals surface area (Å²) in [5.41, 5.74) is 5.51. The lowest BCUT2D eigenvalue weighted by Gasteiger charge is -2.09. The highest BCUT2D eigenvalue weighted by Gasteiger charge is 2.23. The average Bonchev–Trinajstić information content (AvgIpc) is 2.43. The minimum absolute atomic E-state index is 0.0813. The molecule has 0 saturated carbocycles. The normalized spacial score (nSPS) is 10.5. The predicted molar refractivity (Wildman–Crippen MR) is 69.3 cm³/mol. The van der Waals surface area contributed by atoms with Gasteiger partial charge in [-0.1, -0.05) is 0 Å². The van der Waals surface area contributed by atoms with Crippen molar-refractivity contribution in [1.82, 2.24) is 4.98 Å². The summed E-state index contributed by atoms with van der Waals surface area (Å²) in [5.74, 6) is -7.41. The Balaban J connectivity index is 2.37. The molecule has 0 atom stereocenters. The molecule has 0 bridgehead atoms. The summed E-state index contributed by atoms with van der Waals surface area (Å²) in [6.45, 7) is 1.60. The summed E-state index contributed by atoms with van der Waals surface area (Å²) < 4.78 is 39.7. The number of nitrogens with two attached hydrogens (primary N) is 1. The van der Waals surface area contributed by atoms with E-state index in [1.807, 2.05) is 0 Å². The van der Waals surface area contributed by atoms with Gasteiger partial charge in [0.15, 0.2) is 17.4 Å². The largest absolute Gasteiger partial charge is 0.503 e. The van der Waals surface area contributed by atoms with E-state index in [0.717, 1.165) is 0 Å². The van der Waals surface area contributed by atoms with Crippen LogP contribution in [0.15, 0.2) is 18.3 Å². The first-order chi connectivity index (χ1) is 9.81. The van der Waals surface area contributed by atoms with Gasteiger partial charge in [0.25, 0.3) is 5.91 Å². The highest BCUT2D eigenvalue weighted by atomic mass is 19.2. The molecule has 1 aromatic heterocycles. The van der Waals surface area contributed by atoms with E-state index in [9.17, 15) is 18.0 Å². The number of phenols is 1. The maximum atomic E-state index is 13.6. The van der Waals surface area contributed by atoms with Crippen molar-refractivity contribution in [2.75, 3.05) is 11.1 Å². The van der Waals surface area contributed by atoms with Crippen molar-refractivity contribution in [2.45, 2.75) is 6.92 Å². The summed E-state index contributed by atoms with van der Waals surface area (Å²) in [5, 5.41) is 11.3. The van der Waals surface area contributed by atoms with Crippen LogP contribution in [-0.2, 0) is 0 Å². The van der Waals surface area contributed by atoms with Gasteiger partial charge in [-0.3, -0.25) is 4.79 Å². The number of aromatic hydroxyl groups is 1. The fourth-order valence-corrected chi connectivity index (χ4v) is 1.66. The fourth-order valence-electron chi connectivity index (χ4n) is 1.66. The maximum absolute atomic E-state index is 13.6. The number of hydrogen-bond acceptors (Lipinski definition) is 4. The Kier molecular flexibility index (Phi) is 3.70. The number of carbonyl (C=O) groups is 1. The van der Waals surface area contributed by atoms with Crippen molar-refractivity contribution >= 4 is 17.4 Å². The van der Waals surface area contributed by atoms with Crippen LogP contribution in [0, 0.1) is 24.4 Å². The van der Waals surface area contributed by atoms with Crippen LogP contribution in [0.2, 0.25) is 0 Å². The number of rotatable bonds is 2. The molecular weight excluding hydrogens is 287 g/mol. The van der Waals surface area contributed by atoms with Gasteiger partial charge >= 0.3 is 0 Å². The highest BCUT2D eigenvalue weighted by molar-refractivity contribution is 6.04. The van der Waals surface area contributed by atoms with E-state index >= 15 is 0 Å². The molecule has 0 saturated heterocycles. The Morgan fingerprint density at radius 2 is 1.95 bits per heavy atom. The van der Waals surface area contributed by atoms with Crippen molar-refractivity contribution in [3.8, 4) is 5.75 Å². The van der Waals surface area contributed by atoms with E-state index in [0.29, 0.717) is 17.3 Å². The van der Waals surface area contributed by atoms with Crippen molar-refractivity contribution in [3.63, 3.8) is 0 Å². The molecule has 4 N–H and O–H groups in total. The van der Waals surface area contributed by atoms with E-state index < -0.39 is 34.7 Å². The summed E-state index contributed by atoms with van der Waals surface area (Å²) in [7, 11) is 0. The molecule has 2 rings (SSSR count). The number of carbonyl (C=O) groups excluding carboxylic acids is 1. The fraction of sp³-hybridized carbons (Fsp3) is 0.0769. The van der Waals surface area contributed by atoms with Crippen molar-refractivity contribution < 1.29 is 23.1 Å². The van der Waals surface area contributed by atoms with Crippen molar-refractivity contribution in [1.29, 1.82) is 0 Å². The molecular formula is C13H10F3N3O2. The van der Waals surface area contributed by atoms with Gasteiger partial charge in [-0.05, 0) is 24.6 Å². The molecule has 0 spiro atoms. The van der Waals surface area contributed by atoms with Crippen LogP contribution in [0.5, 0.6) is 5.75 Å². The number of amides is 1. The molecule has 2 aromatic rings. The van der Waals surface area contributed by atoms with E-state index in [2.05, 4.69) is 10.3 Å². The SMILES string of the molecule is Cc1cc(N)cnc1NC(=O)c1cc(F)c(F)c(O)c1F. The number of pyridine rings is 1. The molecule has 8 heteroatoms. The lowest BCUT2D eigenvalue weighted by Crippen LogP contribution is -2.16. The number of nitrogens with one attached hydrogen (secondary N) is 1. The average molecular weight is 297 g/mol. The third kappa shape index (κ3) is 2.73. The zero-order chi connectivity index (χ0) is 15.7. The molecule has 1 amide bonds.